The number of hydrogen-bond donors (Lipinski definition) is 2. The van der Waals surface area contributed by atoms with E-state index in [2.05, 4.69) is 0 Å². The summed E-state index contributed by atoms with van der Waals surface area (Å²) in [6.45, 7) is 1.88. The number of aryl methyl sites for hydroxylation is 1. The first-order valence-corrected chi connectivity index (χ1v) is 5.94. The third-order valence-electron chi connectivity index (χ3n) is 3.15. The molecule has 0 aromatic heterocycles. The van der Waals surface area contributed by atoms with E-state index in [1.165, 1.54) is 0 Å². The summed E-state index contributed by atoms with van der Waals surface area (Å²) in [5.41, 5.74) is 13.6. The summed E-state index contributed by atoms with van der Waals surface area (Å²) in [6, 6.07) is 3.48. The van der Waals surface area contributed by atoms with E-state index >= 15 is 0 Å². The average molecular weight is 234 g/mol. The number of ether oxygens (including phenoxy) is 1. The van der Waals surface area contributed by atoms with Gasteiger partial charge in [0.05, 0.1) is 16.9 Å². The minimum Gasteiger partial charge on any atom is -0.459 e. The second-order valence-electron chi connectivity index (χ2n) is 4.63. The van der Waals surface area contributed by atoms with E-state index in [4.69, 9.17) is 16.2 Å². The molecule has 17 heavy (non-hydrogen) atoms. The molecule has 0 aliphatic heterocycles. The third kappa shape index (κ3) is 2.52. The van der Waals surface area contributed by atoms with E-state index in [0.29, 0.717) is 16.9 Å². The van der Waals surface area contributed by atoms with Crippen LogP contribution in [-0.4, -0.2) is 12.1 Å². The van der Waals surface area contributed by atoms with Crippen molar-refractivity contribution in [3.8, 4) is 0 Å². The number of hydrogen-bond acceptors (Lipinski definition) is 4. The van der Waals surface area contributed by atoms with Crippen LogP contribution >= 0.6 is 0 Å². The quantitative estimate of drug-likeness (QED) is 0.607. The van der Waals surface area contributed by atoms with Crippen LogP contribution in [0.3, 0.4) is 0 Å². The SMILES string of the molecule is Cc1cc(N)c(N)c(C(=O)OC2CCCC2)c1. The molecule has 0 amide bonds. The fourth-order valence-electron chi connectivity index (χ4n) is 2.22. The van der Waals surface area contributed by atoms with Gasteiger partial charge < -0.3 is 16.2 Å². The van der Waals surface area contributed by atoms with Crippen molar-refractivity contribution in [2.75, 3.05) is 11.5 Å². The summed E-state index contributed by atoms with van der Waals surface area (Å²) in [5.74, 6) is -0.357. The molecule has 0 heterocycles. The molecule has 0 radical (unpaired) electrons. The zero-order chi connectivity index (χ0) is 12.4. The Bertz CT molecular complexity index is 437. The van der Waals surface area contributed by atoms with E-state index < -0.39 is 0 Å². The highest BCUT2D eigenvalue weighted by Crippen LogP contribution is 2.26. The molecule has 0 unspecified atom stereocenters. The first-order valence-electron chi connectivity index (χ1n) is 5.94. The molecule has 0 spiro atoms. The monoisotopic (exact) mass is 234 g/mol. The molecule has 0 saturated heterocycles. The van der Waals surface area contributed by atoms with Gasteiger partial charge in [0, 0.05) is 0 Å². The fourth-order valence-corrected chi connectivity index (χ4v) is 2.22. The Labute approximate surface area is 101 Å². The number of anilines is 2. The summed E-state index contributed by atoms with van der Waals surface area (Å²) >= 11 is 0. The molecule has 4 heteroatoms. The van der Waals surface area contributed by atoms with Crippen LogP contribution in [0.1, 0.15) is 41.6 Å². The van der Waals surface area contributed by atoms with Crippen LogP contribution in [0, 0.1) is 6.92 Å². The van der Waals surface area contributed by atoms with Gasteiger partial charge in [-0.2, -0.15) is 0 Å². The lowest BCUT2D eigenvalue weighted by molar-refractivity contribution is 0.0319. The molecule has 4 nitrogen and oxygen atoms in total. The van der Waals surface area contributed by atoms with Gasteiger partial charge in [-0.1, -0.05) is 0 Å². The summed E-state index contributed by atoms with van der Waals surface area (Å²) in [5, 5.41) is 0. The van der Waals surface area contributed by atoms with E-state index in [1.54, 1.807) is 12.1 Å². The molecule has 1 fully saturated rings. The lowest BCUT2D eigenvalue weighted by Gasteiger charge is -2.14. The Morgan fingerprint density at radius 3 is 2.59 bits per heavy atom. The van der Waals surface area contributed by atoms with Gasteiger partial charge in [0.15, 0.2) is 0 Å². The molecule has 1 aromatic carbocycles. The van der Waals surface area contributed by atoms with Gasteiger partial charge in [-0.3, -0.25) is 0 Å². The number of esters is 1. The summed E-state index contributed by atoms with van der Waals surface area (Å²) in [4.78, 5) is 12.0. The van der Waals surface area contributed by atoms with Crippen molar-refractivity contribution in [3.05, 3.63) is 23.3 Å². The predicted octanol–water partition coefficient (Wildman–Crippen LogP) is 2.26. The van der Waals surface area contributed by atoms with Crippen molar-refractivity contribution in [2.45, 2.75) is 38.7 Å². The molecule has 0 atom stereocenters. The Balaban J connectivity index is 2.18. The van der Waals surface area contributed by atoms with Crippen LogP contribution in [0.5, 0.6) is 0 Å². The molecular formula is C13H18N2O2. The molecule has 1 aliphatic carbocycles. The van der Waals surface area contributed by atoms with Gasteiger partial charge >= 0.3 is 5.97 Å². The van der Waals surface area contributed by atoms with Crippen molar-refractivity contribution in [1.29, 1.82) is 0 Å². The number of benzene rings is 1. The van der Waals surface area contributed by atoms with Crippen LogP contribution in [0.15, 0.2) is 12.1 Å². The van der Waals surface area contributed by atoms with Gasteiger partial charge in [0.25, 0.3) is 0 Å². The molecule has 1 aliphatic rings. The van der Waals surface area contributed by atoms with Crippen molar-refractivity contribution >= 4 is 17.3 Å². The highest BCUT2D eigenvalue weighted by atomic mass is 16.5. The average Bonchev–Trinajstić information content (AvgIpc) is 2.76. The van der Waals surface area contributed by atoms with E-state index in [-0.39, 0.29) is 12.1 Å². The number of carbonyl (C=O) groups excluding carboxylic acids is 1. The molecular weight excluding hydrogens is 216 g/mol. The van der Waals surface area contributed by atoms with Crippen LogP contribution in [0.25, 0.3) is 0 Å². The largest absolute Gasteiger partial charge is 0.459 e. The predicted molar refractivity (Wildman–Crippen MR) is 67.7 cm³/mol. The maximum absolute atomic E-state index is 12.0. The topological polar surface area (TPSA) is 78.3 Å². The highest BCUT2D eigenvalue weighted by molar-refractivity contribution is 5.98. The first kappa shape index (κ1) is 11.8. The zero-order valence-corrected chi connectivity index (χ0v) is 10.0. The van der Waals surface area contributed by atoms with E-state index in [1.807, 2.05) is 6.92 Å². The van der Waals surface area contributed by atoms with Crippen molar-refractivity contribution in [3.63, 3.8) is 0 Å². The molecule has 0 bridgehead atoms. The van der Waals surface area contributed by atoms with Crippen LogP contribution in [0.4, 0.5) is 11.4 Å². The Morgan fingerprint density at radius 1 is 1.29 bits per heavy atom. The minimum absolute atomic E-state index is 0.0450. The second kappa shape index (κ2) is 4.65. The second-order valence-corrected chi connectivity index (χ2v) is 4.63. The summed E-state index contributed by atoms with van der Waals surface area (Å²) < 4.78 is 5.41. The molecule has 92 valence electrons. The Kier molecular flexibility index (Phi) is 3.22. The standard InChI is InChI=1S/C13H18N2O2/c1-8-6-10(12(15)11(14)7-8)13(16)17-9-4-2-3-5-9/h6-7,9H,2-5,14-15H2,1H3. The van der Waals surface area contributed by atoms with E-state index in [9.17, 15) is 4.79 Å². The van der Waals surface area contributed by atoms with Gasteiger partial charge in [-0.15, -0.1) is 0 Å². The van der Waals surface area contributed by atoms with Crippen LogP contribution < -0.4 is 11.5 Å². The molecule has 4 N–H and O–H groups in total. The first-order chi connectivity index (χ1) is 8.08. The van der Waals surface area contributed by atoms with Crippen molar-refractivity contribution in [1.82, 2.24) is 0 Å². The maximum atomic E-state index is 12.0. The van der Waals surface area contributed by atoms with Crippen LogP contribution in [-0.2, 0) is 4.74 Å². The lowest BCUT2D eigenvalue weighted by Crippen LogP contribution is -2.17. The van der Waals surface area contributed by atoms with Crippen molar-refractivity contribution < 1.29 is 9.53 Å². The zero-order valence-electron chi connectivity index (χ0n) is 10.0. The number of rotatable bonds is 2. The van der Waals surface area contributed by atoms with Gasteiger partial charge in [0.1, 0.15) is 6.10 Å². The summed E-state index contributed by atoms with van der Waals surface area (Å²) in [6.07, 6.45) is 4.20. The van der Waals surface area contributed by atoms with E-state index in [0.717, 1.165) is 31.2 Å². The fraction of sp³-hybridized carbons (Fsp3) is 0.462. The minimum atomic E-state index is -0.357. The number of nitrogens with two attached hydrogens (primary N) is 2. The van der Waals surface area contributed by atoms with Crippen LogP contribution in [0.2, 0.25) is 0 Å². The Hall–Kier alpha value is -1.71. The number of nitrogen functional groups attached to an aromatic ring is 2. The Morgan fingerprint density at radius 2 is 1.94 bits per heavy atom. The smallest absolute Gasteiger partial charge is 0.340 e. The molecule has 1 saturated carbocycles. The van der Waals surface area contributed by atoms with Crippen molar-refractivity contribution in [2.24, 2.45) is 0 Å². The normalized spacial score (nSPS) is 16.1. The molecule has 1 aromatic rings. The van der Waals surface area contributed by atoms with Gasteiger partial charge in [-0.05, 0) is 50.3 Å². The number of carbonyl (C=O) groups is 1. The summed E-state index contributed by atoms with van der Waals surface area (Å²) in [7, 11) is 0. The highest BCUT2D eigenvalue weighted by Gasteiger charge is 2.22. The lowest BCUT2D eigenvalue weighted by atomic mass is 10.1. The van der Waals surface area contributed by atoms with Gasteiger partial charge in [-0.25, -0.2) is 4.79 Å². The third-order valence-corrected chi connectivity index (χ3v) is 3.15. The molecule has 2 rings (SSSR count). The maximum Gasteiger partial charge on any atom is 0.340 e. The van der Waals surface area contributed by atoms with Gasteiger partial charge in [0.2, 0.25) is 0 Å².